The number of nitrogens with two attached hydrogens (primary N) is 1. The van der Waals surface area contributed by atoms with Crippen LogP contribution in [0.1, 0.15) is 28.0 Å². The van der Waals surface area contributed by atoms with E-state index in [1.807, 2.05) is 12.1 Å². The van der Waals surface area contributed by atoms with Gasteiger partial charge in [0.25, 0.3) is 11.5 Å². The van der Waals surface area contributed by atoms with Crippen LogP contribution in [0.3, 0.4) is 0 Å². The average molecular weight is 366 g/mol. The van der Waals surface area contributed by atoms with Crippen LogP contribution in [0.15, 0.2) is 47.3 Å². The van der Waals surface area contributed by atoms with Crippen molar-refractivity contribution in [2.45, 2.75) is 18.9 Å². The molecule has 6 nitrogen and oxygen atoms in total. The Kier molecular flexibility index (Phi) is 4.45. The zero-order chi connectivity index (χ0) is 19.0. The lowest BCUT2D eigenvalue weighted by Gasteiger charge is -2.17. The van der Waals surface area contributed by atoms with Crippen LogP contribution in [0.2, 0.25) is 0 Å². The summed E-state index contributed by atoms with van der Waals surface area (Å²) in [4.78, 5) is 26.1. The zero-order valence-electron chi connectivity index (χ0n) is 14.6. The molecule has 1 fully saturated rings. The molecule has 3 N–H and O–H groups in total. The van der Waals surface area contributed by atoms with Crippen molar-refractivity contribution < 1.29 is 9.18 Å². The SMILES string of the molecule is N[C@H]1CCN(C(=O)c2cc(Cc3n[nH]c(=O)c4ccccc34)ccc2F)C1. The monoisotopic (exact) mass is 366 g/mol. The molecule has 0 spiro atoms. The molecule has 27 heavy (non-hydrogen) atoms. The van der Waals surface area contributed by atoms with Gasteiger partial charge in [-0.15, -0.1) is 0 Å². The van der Waals surface area contributed by atoms with Gasteiger partial charge in [-0.25, -0.2) is 9.49 Å². The molecule has 1 atom stereocenters. The van der Waals surface area contributed by atoms with E-state index >= 15 is 0 Å². The summed E-state index contributed by atoms with van der Waals surface area (Å²) < 4.78 is 14.3. The predicted molar refractivity (Wildman–Crippen MR) is 100 cm³/mol. The Morgan fingerprint density at radius 1 is 1.26 bits per heavy atom. The molecule has 1 aromatic heterocycles. The van der Waals surface area contributed by atoms with E-state index in [-0.39, 0.29) is 23.1 Å². The van der Waals surface area contributed by atoms with Crippen molar-refractivity contribution in [2.24, 2.45) is 5.73 Å². The molecule has 0 radical (unpaired) electrons. The first kappa shape index (κ1) is 17.4. The van der Waals surface area contributed by atoms with E-state index in [2.05, 4.69) is 10.2 Å². The number of hydrogen-bond donors (Lipinski definition) is 2. The standard InChI is InChI=1S/C20H19FN4O2/c21-17-6-5-12(9-16(17)20(27)25-8-7-13(22)11-25)10-18-14-3-1-2-4-15(14)19(26)24-23-18/h1-6,9,13H,7-8,10-11,22H2,(H,24,26)/t13-/m0/s1. The van der Waals surface area contributed by atoms with Gasteiger partial charge < -0.3 is 10.6 Å². The van der Waals surface area contributed by atoms with Gasteiger partial charge in [-0.1, -0.05) is 24.3 Å². The molecule has 0 bridgehead atoms. The third-order valence-electron chi connectivity index (χ3n) is 4.92. The summed E-state index contributed by atoms with van der Waals surface area (Å²) in [6, 6.07) is 11.6. The van der Waals surface area contributed by atoms with Crippen LogP contribution in [0.25, 0.3) is 10.8 Å². The Morgan fingerprint density at radius 3 is 2.78 bits per heavy atom. The molecular weight excluding hydrogens is 347 g/mol. The summed E-state index contributed by atoms with van der Waals surface area (Å²) in [7, 11) is 0. The molecule has 3 aromatic rings. The van der Waals surface area contributed by atoms with Gasteiger partial charge in [-0.05, 0) is 30.2 Å². The third-order valence-corrected chi connectivity index (χ3v) is 4.92. The Bertz CT molecular complexity index is 1080. The van der Waals surface area contributed by atoms with Gasteiger partial charge in [-0.3, -0.25) is 9.59 Å². The van der Waals surface area contributed by atoms with Crippen LogP contribution in [-0.4, -0.2) is 40.1 Å². The minimum absolute atomic E-state index is 0.0373. The number of aromatic nitrogens is 2. The fraction of sp³-hybridized carbons (Fsp3) is 0.250. The largest absolute Gasteiger partial charge is 0.337 e. The number of aromatic amines is 1. The topological polar surface area (TPSA) is 92.1 Å². The second kappa shape index (κ2) is 6.92. The number of carbonyl (C=O) groups is 1. The molecule has 2 heterocycles. The number of hydrogen-bond acceptors (Lipinski definition) is 4. The normalized spacial score (nSPS) is 16.8. The number of halogens is 1. The van der Waals surface area contributed by atoms with Crippen LogP contribution in [0.4, 0.5) is 4.39 Å². The molecule has 0 unspecified atom stereocenters. The molecule has 0 aliphatic carbocycles. The van der Waals surface area contributed by atoms with Crippen molar-refractivity contribution in [3.05, 3.63) is 75.5 Å². The average Bonchev–Trinajstić information content (AvgIpc) is 3.11. The highest BCUT2D eigenvalue weighted by Crippen LogP contribution is 2.20. The quantitative estimate of drug-likeness (QED) is 0.740. The number of H-pyrrole nitrogens is 1. The molecule has 7 heteroatoms. The number of nitrogens with one attached hydrogen (secondary N) is 1. The molecule has 4 rings (SSSR count). The molecule has 138 valence electrons. The van der Waals surface area contributed by atoms with Crippen molar-refractivity contribution in [1.29, 1.82) is 0 Å². The summed E-state index contributed by atoms with van der Waals surface area (Å²) in [5.41, 5.74) is 7.04. The summed E-state index contributed by atoms with van der Waals surface area (Å²) in [6.07, 6.45) is 1.09. The highest BCUT2D eigenvalue weighted by molar-refractivity contribution is 5.95. The second-order valence-corrected chi connectivity index (χ2v) is 6.84. The minimum atomic E-state index is -0.552. The maximum atomic E-state index is 14.3. The van der Waals surface area contributed by atoms with Crippen molar-refractivity contribution in [3.63, 3.8) is 0 Å². The predicted octanol–water partition coefficient (Wildman–Crippen LogP) is 1.83. The van der Waals surface area contributed by atoms with Gasteiger partial charge in [0.2, 0.25) is 0 Å². The van der Waals surface area contributed by atoms with Crippen LogP contribution >= 0.6 is 0 Å². The molecular formula is C20H19FN4O2. The highest BCUT2D eigenvalue weighted by Gasteiger charge is 2.26. The number of nitrogens with zero attached hydrogens (tertiary/aromatic N) is 2. The van der Waals surface area contributed by atoms with Gasteiger partial charge in [0.15, 0.2) is 0 Å². The number of likely N-dealkylation sites (tertiary alicyclic amines) is 1. The van der Waals surface area contributed by atoms with E-state index in [4.69, 9.17) is 5.73 Å². The Morgan fingerprint density at radius 2 is 2.04 bits per heavy atom. The van der Waals surface area contributed by atoms with E-state index in [9.17, 15) is 14.0 Å². The summed E-state index contributed by atoms with van der Waals surface area (Å²) >= 11 is 0. The lowest BCUT2D eigenvalue weighted by Crippen LogP contribution is -2.32. The number of carbonyl (C=O) groups excluding carboxylic acids is 1. The van der Waals surface area contributed by atoms with E-state index < -0.39 is 5.82 Å². The second-order valence-electron chi connectivity index (χ2n) is 6.84. The summed E-state index contributed by atoms with van der Waals surface area (Å²) in [5.74, 6) is -0.898. The van der Waals surface area contributed by atoms with E-state index in [0.29, 0.717) is 30.6 Å². The van der Waals surface area contributed by atoms with Crippen LogP contribution < -0.4 is 11.3 Å². The fourth-order valence-corrected chi connectivity index (χ4v) is 3.49. The van der Waals surface area contributed by atoms with Gasteiger partial charge in [0.1, 0.15) is 5.82 Å². The van der Waals surface area contributed by atoms with E-state index in [0.717, 1.165) is 17.4 Å². The molecule has 0 saturated carbocycles. The van der Waals surface area contributed by atoms with Crippen LogP contribution in [0.5, 0.6) is 0 Å². The van der Waals surface area contributed by atoms with Gasteiger partial charge >= 0.3 is 0 Å². The highest BCUT2D eigenvalue weighted by atomic mass is 19.1. The number of benzene rings is 2. The Labute approximate surface area is 154 Å². The lowest BCUT2D eigenvalue weighted by molar-refractivity contribution is 0.0786. The number of rotatable bonds is 3. The van der Waals surface area contributed by atoms with Crippen molar-refractivity contribution in [2.75, 3.05) is 13.1 Å². The summed E-state index contributed by atoms with van der Waals surface area (Å²) in [6.45, 7) is 0.977. The van der Waals surface area contributed by atoms with Crippen molar-refractivity contribution in [3.8, 4) is 0 Å². The smallest absolute Gasteiger partial charge is 0.272 e. The first-order chi connectivity index (χ1) is 13.0. The Hall–Kier alpha value is -3.06. The van der Waals surface area contributed by atoms with Gasteiger partial charge in [0.05, 0.1) is 16.6 Å². The van der Waals surface area contributed by atoms with E-state index in [1.165, 1.54) is 6.07 Å². The number of amides is 1. The fourth-order valence-electron chi connectivity index (χ4n) is 3.49. The maximum Gasteiger partial charge on any atom is 0.272 e. The van der Waals surface area contributed by atoms with Gasteiger partial charge in [-0.2, -0.15) is 5.10 Å². The van der Waals surface area contributed by atoms with Crippen molar-refractivity contribution in [1.82, 2.24) is 15.1 Å². The molecule has 2 aromatic carbocycles. The zero-order valence-corrected chi connectivity index (χ0v) is 14.6. The number of fused-ring (bicyclic) bond motifs is 1. The first-order valence-corrected chi connectivity index (χ1v) is 8.82. The minimum Gasteiger partial charge on any atom is -0.337 e. The first-order valence-electron chi connectivity index (χ1n) is 8.82. The van der Waals surface area contributed by atoms with Crippen LogP contribution in [0, 0.1) is 5.82 Å². The van der Waals surface area contributed by atoms with Gasteiger partial charge in [0, 0.05) is 30.9 Å². The van der Waals surface area contributed by atoms with Crippen LogP contribution in [-0.2, 0) is 6.42 Å². The third kappa shape index (κ3) is 3.33. The molecule has 1 aliphatic heterocycles. The molecule has 1 aliphatic rings. The molecule has 1 saturated heterocycles. The lowest BCUT2D eigenvalue weighted by atomic mass is 10.0. The Balaban J connectivity index is 1.67. The maximum absolute atomic E-state index is 14.3. The summed E-state index contributed by atoms with van der Waals surface area (Å²) in [5, 5.41) is 7.92. The van der Waals surface area contributed by atoms with Crippen molar-refractivity contribution >= 4 is 16.7 Å². The molecule has 1 amide bonds. The van der Waals surface area contributed by atoms with E-state index in [1.54, 1.807) is 29.2 Å².